The summed E-state index contributed by atoms with van der Waals surface area (Å²) < 4.78 is 7.32. The molecule has 0 atom stereocenters. The first kappa shape index (κ1) is 21.7. The van der Waals surface area contributed by atoms with Gasteiger partial charge in [-0.2, -0.15) is 0 Å². The number of amides is 1. The van der Waals surface area contributed by atoms with Gasteiger partial charge >= 0.3 is 0 Å². The quantitative estimate of drug-likeness (QED) is 0.510. The summed E-state index contributed by atoms with van der Waals surface area (Å²) in [6.45, 7) is 4.88. The first-order valence-electron chi connectivity index (χ1n) is 8.71. The summed E-state index contributed by atoms with van der Waals surface area (Å²) in [4.78, 5) is 11.6. The van der Waals surface area contributed by atoms with Crippen LogP contribution < -0.4 is 15.8 Å². The number of phenols is 1. The van der Waals surface area contributed by atoms with E-state index in [0.29, 0.717) is 31.0 Å². The summed E-state index contributed by atoms with van der Waals surface area (Å²) in [5, 5.41) is 12.7. The maximum absolute atomic E-state index is 11.6. The van der Waals surface area contributed by atoms with E-state index in [2.05, 4.69) is 51.0 Å². The van der Waals surface area contributed by atoms with Crippen LogP contribution >= 0.6 is 31.9 Å². The highest BCUT2D eigenvalue weighted by Crippen LogP contribution is 2.34. The van der Waals surface area contributed by atoms with Crippen molar-refractivity contribution >= 4 is 37.8 Å². The number of halogens is 2. The minimum Gasteiger partial charge on any atom is -0.508 e. The van der Waals surface area contributed by atoms with E-state index < -0.39 is 0 Å². The van der Waals surface area contributed by atoms with Gasteiger partial charge in [-0.15, -0.1) is 0 Å². The number of carbonyl (C=O) groups is 1. The zero-order valence-corrected chi connectivity index (χ0v) is 18.6. The Bertz CT molecular complexity index is 787. The van der Waals surface area contributed by atoms with Crippen LogP contribution in [0, 0.1) is 0 Å². The molecule has 0 saturated carbocycles. The molecular formula is C20H24Br2N2O3. The molecule has 5 nitrogen and oxygen atoms in total. The first-order chi connectivity index (χ1) is 12.8. The molecule has 2 aromatic rings. The van der Waals surface area contributed by atoms with Crippen molar-refractivity contribution in [3.05, 3.63) is 56.0 Å². The normalized spacial score (nSPS) is 10.9. The predicted octanol–water partition coefficient (Wildman–Crippen LogP) is 4.09. The van der Waals surface area contributed by atoms with Crippen molar-refractivity contribution in [1.82, 2.24) is 5.32 Å². The Morgan fingerprint density at radius 3 is 2.48 bits per heavy atom. The highest BCUT2D eigenvalue weighted by molar-refractivity contribution is 9.11. The van der Waals surface area contributed by atoms with Gasteiger partial charge in [0.2, 0.25) is 0 Å². The van der Waals surface area contributed by atoms with Crippen molar-refractivity contribution in [2.45, 2.75) is 26.2 Å². The Kier molecular flexibility index (Phi) is 8.13. The highest BCUT2D eigenvalue weighted by Gasteiger charge is 2.13. The molecule has 0 aliphatic heterocycles. The van der Waals surface area contributed by atoms with Gasteiger partial charge in [-0.05, 0) is 47.2 Å². The minimum atomic E-state index is -0.206. The fraction of sp³-hybridized carbons (Fsp3) is 0.350. The lowest BCUT2D eigenvalue weighted by molar-refractivity contribution is -0.123. The Morgan fingerprint density at radius 1 is 1.22 bits per heavy atom. The summed E-state index contributed by atoms with van der Waals surface area (Å²) in [6.07, 6.45) is 0.693. The number of ether oxygens (including phenoxy) is 1. The monoisotopic (exact) mass is 498 g/mol. The molecule has 0 aromatic heterocycles. The Balaban J connectivity index is 2.13. The maximum atomic E-state index is 11.6. The van der Waals surface area contributed by atoms with Gasteiger partial charge < -0.3 is 20.9 Å². The van der Waals surface area contributed by atoms with Crippen molar-refractivity contribution in [3.8, 4) is 11.5 Å². The van der Waals surface area contributed by atoms with Gasteiger partial charge in [-0.3, -0.25) is 4.79 Å². The second kappa shape index (κ2) is 10.1. The molecule has 0 spiro atoms. The van der Waals surface area contributed by atoms with Crippen molar-refractivity contribution in [1.29, 1.82) is 0 Å². The van der Waals surface area contributed by atoms with Crippen LogP contribution in [0.4, 0.5) is 0 Å². The van der Waals surface area contributed by atoms with Crippen LogP contribution in [0.5, 0.6) is 11.5 Å². The van der Waals surface area contributed by atoms with Crippen LogP contribution in [0.1, 0.15) is 36.5 Å². The fourth-order valence-corrected chi connectivity index (χ4v) is 4.05. The third-order valence-corrected chi connectivity index (χ3v) is 5.46. The number of rotatable bonds is 8. The third-order valence-electron chi connectivity index (χ3n) is 4.05. The molecule has 0 aliphatic rings. The van der Waals surface area contributed by atoms with Gasteiger partial charge in [0.15, 0.2) is 6.61 Å². The number of nitrogens with one attached hydrogen (secondary N) is 1. The summed E-state index contributed by atoms with van der Waals surface area (Å²) in [7, 11) is 0. The molecule has 146 valence electrons. The van der Waals surface area contributed by atoms with Crippen LogP contribution in [-0.2, 0) is 11.2 Å². The third kappa shape index (κ3) is 6.23. The number of phenolic OH excluding ortho intramolecular Hbond substituents is 1. The molecule has 2 rings (SSSR count). The lowest BCUT2D eigenvalue weighted by Gasteiger charge is -2.14. The average Bonchev–Trinajstić information content (AvgIpc) is 2.62. The molecule has 2 aromatic carbocycles. The number of nitrogens with two attached hydrogens (primary N) is 1. The minimum absolute atomic E-state index is 0.0616. The lowest BCUT2D eigenvalue weighted by Crippen LogP contribution is -2.32. The van der Waals surface area contributed by atoms with Gasteiger partial charge in [-0.25, -0.2) is 0 Å². The molecule has 0 unspecified atom stereocenters. The molecule has 0 fully saturated rings. The molecular weight excluding hydrogens is 476 g/mol. The lowest BCUT2D eigenvalue weighted by atomic mass is 9.96. The Labute approximate surface area is 176 Å². The molecule has 0 bridgehead atoms. The fourth-order valence-electron chi connectivity index (χ4n) is 2.62. The van der Waals surface area contributed by atoms with Crippen LogP contribution in [0.3, 0.4) is 0 Å². The zero-order chi connectivity index (χ0) is 20.0. The van der Waals surface area contributed by atoms with E-state index in [1.165, 1.54) is 0 Å². The van der Waals surface area contributed by atoms with Crippen molar-refractivity contribution in [3.63, 3.8) is 0 Å². The molecule has 0 saturated heterocycles. The van der Waals surface area contributed by atoms with Crippen molar-refractivity contribution in [2.24, 2.45) is 5.73 Å². The molecule has 27 heavy (non-hydrogen) atoms. The molecule has 0 radical (unpaired) electrons. The van der Waals surface area contributed by atoms with E-state index in [1.54, 1.807) is 6.07 Å². The van der Waals surface area contributed by atoms with Crippen LogP contribution in [-0.4, -0.2) is 30.7 Å². The smallest absolute Gasteiger partial charge is 0.257 e. The van der Waals surface area contributed by atoms with E-state index in [9.17, 15) is 9.90 Å². The summed E-state index contributed by atoms with van der Waals surface area (Å²) in [5.41, 5.74) is 8.46. The van der Waals surface area contributed by atoms with E-state index in [-0.39, 0.29) is 18.4 Å². The summed E-state index contributed by atoms with van der Waals surface area (Å²) in [5.74, 6) is 0.956. The predicted molar refractivity (Wildman–Crippen MR) is 114 cm³/mol. The average molecular weight is 500 g/mol. The molecule has 0 aliphatic carbocycles. The van der Waals surface area contributed by atoms with Gasteiger partial charge in [0.25, 0.3) is 5.91 Å². The number of hydrogen-bond donors (Lipinski definition) is 3. The Hall–Kier alpha value is -1.57. The number of benzene rings is 2. The largest absolute Gasteiger partial charge is 0.508 e. The van der Waals surface area contributed by atoms with E-state index in [4.69, 9.17) is 10.5 Å². The van der Waals surface area contributed by atoms with Gasteiger partial charge in [0.1, 0.15) is 11.5 Å². The van der Waals surface area contributed by atoms with Crippen LogP contribution in [0.25, 0.3) is 0 Å². The van der Waals surface area contributed by atoms with Gasteiger partial charge in [0, 0.05) is 22.0 Å². The maximum Gasteiger partial charge on any atom is 0.257 e. The van der Waals surface area contributed by atoms with E-state index in [0.717, 1.165) is 25.6 Å². The Morgan fingerprint density at radius 2 is 1.89 bits per heavy atom. The van der Waals surface area contributed by atoms with Gasteiger partial charge in [-0.1, -0.05) is 57.8 Å². The van der Waals surface area contributed by atoms with Crippen molar-refractivity contribution < 1.29 is 14.6 Å². The summed E-state index contributed by atoms with van der Waals surface area (Å²) >= 11 is 7.18. The molecule has 7 heteroatoms. The standard InChI is InChI=1S/C20H24Br2N2O3/c1-12(2)15-7-13(3-4-19(15)25)8-16-17(21)9-14(10-18(16)22)27-11-20(26)24-6-5-23/h3-4,7,9-10,12,25H,5-6,8,11,23H2,1-2H3,(H,24,26). The second-order valence-electron chi connectivity index (χ2n) is 6.52. The SMILES string of the molecule is CC(C)c1cc(Cc2c(Br)cc(OCC(=O)NCCN)cc2Br)ccc1O. The van der Waals surface area contributed by atoms with Crippen molar-refractivity contribution in [2.75, 3.05) is 19.7 Å². The van der Waals surface area contributed by atoms with E-state index in [1.807, 2.05) is 24.3 Å². The molecule has 4 N–H and O–H groups in total. The molecule has 0 heterocycles. The van der Waals surface area contributed by atoms with Crippen LogP contribution in [0.2, 0.25) is 0 Å². The topological polar surface area (TPSA) is 84.6 Å². The van der Waals surface area contributed by atoms with Crippen LogP contribution in [0.15, 0.2) is 39.3 Å². The number of aromatic hydroxyl groups is 1. The molecule has 1 amide bonds. The number of hydrogen-bond acceptors (Lipinski definition) is 4. The highest BCUT2D eigenvalue weighted by atomic mass is 79.9. The summed E-state index contributed by atoms with van der Waals surface area (Å²) in [6, 6.07) is 9.39. The number of carbonyl (C=O) groups excluding carboxylic acids is 1. The van der Waals surface area contributed by atoms with Gasteiger partial charge in [0.05, 0.1) is 0 Å². The zero-order valence-electron chi connectivity index (χ0n) is 15.4. The first-order valence-corrected chi connectivity index (χ1v) is 10.3. The van der Waals surface area contributed by atoms with E-state index >= 15 is 0 Å². The second-order valence-corrected chi connectivity index (χ2v) is 8.23.